The number of benzene rings is 2. The predicted molar refractivity (Wildman–Crippen MR) is 80.6 cm³/mol. The van der Waals surface area contributed by atoms with E-state index in [4.69, 9.17) is 0 Å². The molecular formula is C16H17FN2O2. The lowest BCUT2D eigenvalue weighted by Gasteiger charge is -2.17. The molecule has 0 heterocycles. The van der Waals surface area contributed by atoms with Crippen LogP contribution in [0, 0.1) is 15.9 Å². The van der Waals surface area contributed by atoms with Crippen LogP contribution in [-0.4, -0.2) is 11.5 Å². The molecule has 0 saturated carbocycles. The molecule has 0 aliphatic heterocycles. The molecule has 1 atom stereocenters. The average Bonchev–Trinajstić information content (AvgIpc) is 2.47. The van der Waals surface area contributed by atoms with E-state index in [2.05, 4.69) is 5.32 Å². The van der Waals surface area contributed by atoms with E-state index in [9.17, 15) is 14.5 Å². The predicted octanol–water partition coefficient (Wildman–Crippen LogP) is 4.07. The lowest BCUT2D eigenvalue weighted by molar-refractivity contribution is -0.384. The summed E-state index contributed by atoms with van der Waals surface area (Å²) in [6, 6.07) is 10.8. The Balaban J connectivity index is 2.54. The number of nitrogens with zero attached hydrogens (tertiary/aromatic N) is 1. The molecule has 2 rings (SSSR count). The smallest absolute Gasteiger partial charge is 0.270 e. The molecule has 110 valence electrons. The van der Waals surface area contributed by atoms with Crippen LogP contribution >= 0.6 is 0 Å². The van der Waals surface area contributed by atoms with Gasteiger partial charge in [0.1, 0.15) is 5.82 Å². The number of nitrogens with one attached hydrogen (secondary N) is 1. The summed E-state index contributed by atoms with van der Waals surface area (Å²) >= 11 is 0. The van der Waals surface area contributed by atoms with E-state index in [0.717, 1.165) is 12.1 Å². The first-order valence-electron chi connectivity index (χ1n) is 6.80. The standard InChI is InChI=1S/C16H17FN2O2/c1-3-18-11(2)15-8-7-13(17)10-16(15)12-5-4-6-14(9-12)19(20)21/h4-11,18H,3H2,1-2H3. The maximum atomic E-state index is 13.6. The van der Waals surface area contributed by atoms with Crippen molar-refractivity contribution in [2.75, 3.05) is 6.54 Å². The summed E-state index contributed by atoms with van der Waals surface area (Å²) in [5.74, 6) is -0.357. The first-order chi connectivity index (χ1) is 10.0. The Morgan fingerprint density at radius 3 is 2.71 bits per heavy atom. The number of rotatable bonds is 5. The number of hydrogen-bond donors (Lipinski definition) is 1. The van der Waals surface area contributed by atoms with Gasteiger partial charge >= 0.3 is 0 Å². The van der Waals surface area contributed by atoms with Crippen LogP contribution in [-0.2, 0) is 0 Å². The first kappa shape index (κ1) is 15.1. The van der Waals surface area contributed by atoms with Crippen LogP contribution in [0.5, 0.6) is 0 Å². The number of nitro benzene ring substituents is 1. The highest BCUT2D eigenvalue weighted by molar-refractivity contribution is 5.70. The van der Waals surface area contributed by atoms with Crippen LogP contribution < -0.4 is 5.32 Å². The van der Waals surface area contributed by atoms with Gasteiger partial charge in [-0.2, -0.15) is 0 Å². The van der Waals surface area contributed by atoms with E-state index in [1.807, 2.05) is 13.8 Å². The van der Waals surface area contributed by atoms with Crippen LogP contribution in [0.25, 0.3) is 11.1 Å². The fourth-order valence-corrected chi connectivity index (χ4v) is 2.36. The van der Waals surface area contributed by atoms with Gasteiger partial charge in [0, 0.05) is 18.2 Å². The summed E-state index contributed by atoms with van der Waals surface area (Å²) in [6.45, 7) is 4.76. The molecule has 5 heteroatoms. The zero-order valence-corrected chi connectivity index (χ0v) is 12.0. The summed E-state index contributed by atoms with van der Waals surface area (Å²) in [5.41, 5.74) is 2.23. The van der Waals surface area contributed by atoms with E-state index in [1.54, 1.807) is 18.2 Å². The van der Waals surface area contributed by atoms with E-state index >= 15 is 0 Å². The Hall–Kier alpha value is -2.27. The fraction of sp³-hybridized carbons (Fsp3) is 0.250. The quantitative estimate of drug-likeness (QED) is 0.666. The second kappa shape index (κ2) is 6.45. The van der Waals surface area contributed by atoms with Crippen molar-refractivity contribution in [3.63, 3.8) is 0 Å². The Bertz CT molecular complexity index is 658. The van der Waals surface area contributed by atoms with Gasteiger partial charge in [-0.1, -0.05) is 25.1 Å². The summed E-state index contributed by atoms with van der Waals surface area (Å²) in [5, 5.41) is 14.2. The number of halogens is 1. The minimum atomic E-state index is -0.448. The summed E-state index contributed by atoms with van der Waals surface area (Å²) in [7, 11) is 0. The molecule has 2 aromatic carbocycles. The van der Waals surface area contributed by atoms with Gasteiger partial charge in [0.25, 0.3) is 5.69 Å². The molecule has 0 bridgehead atoms. The minimum absolute atomic E-state index is 0.00110. The maximum absolute atomic E-state index is 13.6. The highest BCUT2D eigenvalue weighted by Crippen LogP contribution is 2.31. The first-order valence-corrected chi connectivity index (χ1v) is 6.80. The van der Waals surface area contributed by atoms with Crippen molar-refractivity contribution in [2.45, 2.75) is 19.9 Å². The Labute approximate surface area is 122 Å². The molecule has 21 heavy (non-hydrogen) atoms. The second-order valence-corrected chi connectivity index (χ2v) is 4.82. The van der Waals surface area contributed by atoms with Gasteiger partial charge in [-0.05, 0) is 42.3 Å². The highest BCUT2D eigenvalue weighted by atomic mass is 19.1. The molecule has 2 aromatic rings. The van der Waals surface area contributed by atoms with Gasteiger partial charge in [0.05, 0.1) is 4.92 Å². The van der Waals surface area contributed by atoms with Gasteiger partial charge in [-0.15, -0.1) is 0 Å². The average molecular weight is 288 g/mol. The van der Waals surface area contributed by atoms with Crippen LogP contribution in [0.4, 0.5) is 10.1 Å². The molecule has 0 aliphatic rings. The van der Waals surface area contributed by atoms with Gasteiger partial charge in [0.15, 0.2) is 0 Å². The van der Waals surface area contributed by atoms with Crippen molar-refractivity contribution in [2.24, 2.45) is 0 Å². The van der Waals surface area contributed by atoms with Crippen LogP contribution in [0.3, 0.4) is 0 Å². The lowest BCUT2D eigenvalue weighted by atomic mass is 9.95. The lowest BCUT2D eigenvalue weighted by Crippen LogP contribution is -2.18. The Morgan fingerprint density at radius 2 is 2.05 bits per heavy atom. The van der Waals surface area contributed by atoms with E-state index in [-0.39, 0.29) is 17.5 Å². The van der Waals surface area contributed by atoms with Crippen molar-refractivity contribution in [3.05, 3.63) is 64.0 Å². The van der Waals surface area contributed by atoms with Crippen molar-refractivity contribution in [1.29, 1.82) is 0 Å². The molecule has 4 nitrogen and oxygen atoms in total. The van der Waals surface area contributed by atoms with E-state index in [0.29, 0.717) is 11.1 Å². The number of hydrogen-bond acceptors (Lipinski definition) is 3. The van der Waals surface area contributed by atoms with Crippen molar-refractivity contribution in [1.82, 2.24) is 5.32 Å². The van der Waals surface area contributed by atoms with Gasteiger partial charge in [-0.25, -0.2) is 4.39 Å². The Kier molecular flexibility index (Phi) is 4.65. The second-order valence-electron chi connectivity index (χ2n) is 4.82. The monoisotopic (exact) mass is 288 g/mol. The normalized spacial score (nSPS) is 12.1. The number of nitro groups is 1. The molecule has 0 saturated heterocycles. The zero-order chi connectivity index (χ0) is 15.4. The molecule has 0 amide bonds. The summed E-state index contributed by atoms with van der Waals surface area (Å²) < 4.78 is 13.6. The van der Waals surface area contributed by atoms with Gasteiger partial charge < -0.3 is 5.32 Å². The van der Waals surface area contributed by atoms with Crippen LogP contribution in [0.15, 0.2) is 42.5 Å². The third-order valence-electron chi connectivity index (χ3n) is 3.36. The topological polar surface area (TPSA) is 55.2 Å². The maximum Gasteiger partial charge on any atom is 0.270 e. The molecular weight excluding hydrogens is 271 g/mol. The van der Waals surface area contributed by atoms with E-state index < -0.39 is 4.92 Å². The van der Waals surface area contributed by atoms with Gasteiger partial charge in [-0.3, -0.25) is 10.1 Å². The zero-order valence-electron chi connectivity index (χ0n) is 12.0. The van der Waals surface area contributed by atoms with Crippen LogP contribution in [0.2, 0.25) is 0 Å². The van der Waals surface area contributed by atoms with Crippen molar-refractivity contribution in [3.8, 4) is 11.1 Å². The molecule has 0 aromatic heterocycles. The molecule has 1 N–H and O–H groups in total. The highest BCUT2D eigenvalue weighted by Gasteiger charge is 2.14. The molecule has 0 aliphatic carbocycles. The summed E-state index contributed by atoms with van der Waals surface area (Å²) in [6.07, 6.45) is 0. The summed E-state index contributed by atoms with van der Waals surface area (Å²) in [4.78, 5) is 10.4. The van der Waals surface area contributed by atoms with Crippen molar-refractivity contribution >= 4 is 5.69 Å². The third-order valence-corrected chi connectivity index (χ3v) is 3.36. The fourth-order valence-electron chi connectivity index (χ4n) is 2.36. The molecule has 0 radical (unpaired) electrons. The van der Waals surface area contributed by atoms with Crippen molar-refractivity contribution < 1.29 is 9.31 Å². The number of non-ortho nitro benzene ring substituents is 1. The van der Waals surface area contributed by atoms with Gasteiger partial charge in [0.2, 0.25) is 0 Å². The molecule has 1 unspecified atom stereocenters. The largest absolute Gasteiger partial charge is 0.310 e. The van der Waals surface area contributed by atoms with E-state index in [1.165, 1.54) is 24.3 Å². The molecule has 0 spiro atoms. The molecule has 0 fully saturated rings. The third kappa shape index (κ3) is 3.44. The minimum Gasteiger partial charge on any atom is -0.310 e. The van der Waals surface area contributed by atoms with Crippen LogP contribution in [0.1, 0.15) is 25.5 Å². The Morgan fingerprint density at radius 1 is 1.29 bits per heavy atom. The SMILES string of the molecule is CCNC(C)c1ccc(F)cc1-c1cccc([N+](=O)[O-])c1.